The summed E-state index contributed by atoms with van der Waals surface area (Å²) in [7, 11) is 1.86. The molecule has 2 N–H and O–H groups in total. The first-order valence-electron chi connectivity index (χ1n) is 6.81. The number of anilines is 1. The molecule has 1 aromatic carbocycles. The molecule has 19 heavy (non-hydrogen) atoms. The van der Waals surface area contributed by atoms with Crippen LogP contribution >= 0.6 is 11.6 Å². The summed E-state index contributed by atoms with van der Waals surface area (Å²) in [6.07, 6.45) is 4.52. The van der Waals surface area contributed by atoms with Gasteiger partial charge in [0.1, 0.15) is 0 Å². The predicted molar refractivity (Wildman–Crippen MR) is 79.4 cm³/mol. The normalized spacial score (nSPS) is 23.1. The quantitative estimate of drug-likeness (QED) is 0.842. The van der Waals surface area contributed by atoms with Crippen molar-refractivity contribution >= 4 is 23.2 Å². The molecule has 1 aliphatic rings. The molecule has 104 valence electrons. The number of amides is 1. The number of hydrogen-bond donors (Lipinski definition) is 1. The van der Waals surface area contributed by atoms with Crippen LogP contribution in [-0.2, 0) is 0 Å². The van der Waals surface area contributed by atoms with Gasteiger partial charge in [0.25, 0.3) is 5.91 Å². The minimum absolute atomic E-state index is 0.0307. The average molecular weight is 281 g/mol. The highest BCUT2D eigenvalue weighted by atomic mass is 35.5. The third-order valence-corrected chi connectivity index (χ3v) is 4.40. The maximum absolute atomic E-state index is 12.5. The zero-order valence-electron chi connectivity index (χ0n) is 11.5. The third-order valence-electron chi connectivity index (χ3n) is 4.07. The van der Waals surface area contributed by atoms with E-state index < -0.39 is 0 Å². The highest BCUT2D eigenvalue weighted by molar-refractivity contribution is 6.34. The molecular weight excluding hydrogens is 260 g/mol. The van der Waals surface area contributed by atoms with Crippen LogP contribution in [-0.4, -0.2) is 23.9 Å². The molecule has 2 rings (SSSR count). The molecule has 0 spiro atoms. The largest absolute Gasteiger partial charge is 0.399 e. The molecule has 3 nitrogen and oxygen atoms in total. The monoisotopic (exact) mass is 280 g/mol. The fourth-order valence-electron chi connectivity index (χ4n) is 2.69. The maximum Gasteiger partial charge on any atom is 0.255 e. The van der Waals surface area contributed by atoms with Gasteiger partial charge < -0.3 is 10.6 Å². The van der Waals surface area contributed by atoms with Crippen LogP contribution < -0.4 is 5.73 Å². The summed E-state index contributed by atoms with van der Waals surface area (Å²) in [6.45, 7) is 2.27. The van der Waals surface area contributed by atoms with Gasteiger partial charge >= 0.3 is 0 Å². The lowest BCUT2D eigenvalue weighted by molar-refractivity contribution is 0.0680. The lowest BCUT2D eigenvalue weighted by atomic mass is 9.86. The first-order valence-corrected chi connectivity index (χ1v) is 7.19. The summed E-state index contributed by atoms with van der Waals surface area (Å²) in [5.41, 5.74) is 6.80. The number of carbonyl (C=O) groups is 1. The van der Waals surface area contributed by atoms with Gasteiger partial charge in [-0.2, -0.15) is 0 Å². The molecule has 0 radical (unpaired) electrons. The Morgan fingerprint density at radius 1 is 1.32 bits per heavy atom. The molecule has 4 heteroatoms. The van der Waals surface area contributed by atoms with Gasteiger partial charge in [-0.25, -0.2) is 0 Å². The van der Waals surface area contributed by atoms with Crippen molar-refractivity contribution in [1.82, 2.24) is 4.90 Å². The Morgan fingerprint density at radius 2 is 1.95 bits per heavy atom. The Morgan fingerprint density at radius 3 is 2.58 bits per heavy atom. The zero-order chi connectivity index (χ0) is 14.0. The van der Waals surface area contributed by atoms with Gasteiger partial charge in [0.2, 0.25) is 0 Å². The fourth-order valence-corrected chi connectivity index (χ4v) is 2.89. The van der Waals surface area contributed by atoms with Gasteiger partial charge in [0.15, 0.2) is 0 Å². The molecule has 0 atom stereocenters. The SMILES string of the molecule is CC1CCC(N(C)C(=O)c2cc(N)ccc2Cl)CC1. The standard InChI is InChI=1S/C15H21ClN2O/c1-10-3-6-12(7-4-10)18(2)15(19)13-9-11(17)5-8-14(13)16/h5,8-10,12H,3-4,6-7,17H2,1-2H3. The van der Waals surface area contributed by atoms with Crippen molar-refractivity contribution in [1.29, 1.82) is 0 Å². The second kappa shape index (κ2) is 5.83. The van der Waals surface area contributed by atoms with Crippen molar-refractivity contribution in [3.63, 3.8) is 0 Å². The highest BCUT2D eigenvalue weighted by Gasteiger charge is 2.26. The number of nitrogen functional groups attached to an aromatic ring is 1. The molecule has 1 fully saturated rings. The van der Waals surface area contributed by atoms with Gasteiger partial charge in [0, 0.05) is 18.8 Å². The Labute approximate surface area is 119 Å². The summed E-state index contributed by atoms with van der Waals surface area (Å²) in [5, 5.41) is 0.468. The van der Waals surface area contributed by atoms with Crippen molar-refractivity contribution in [3.05, 3.63) is 28.8 Å². The van der Waals surface area contributed by atoms with Crippen molar-refractivity contribution in [3.8, 4) is 0 Å². The van der Waals surface area contributed by atoms with Crippen LogP contribution in [0.3, 0.4) is 0 Å². The summed E-state index contributed by atoms with van der Waals surface area (Å²) in [5.74, 6) is 0.743. The predicted octanol–water partition coefficient (Wildman–Crippen LogP) is 3.57. The molecule has 0 aliphatic heterocycles. The van der Waals surface area contributed by atoms with Gasteiger partial charge in [-0.15, -0.1) is 0 Å². The molecule has 0 heterocycles. The van der Waals surface area contributed by atoms with E-state index in [1.807, 2.05) is 11.9 Å². The van der Waals surface area contributed by atoms with E-state index in [4.69, 9.17) is 17.3 Å². The first kappa shape index (κ1) is 14.2. The second-order valence-corrected chi connectivity index (χ2v) is 5.98. The van der Waals surface area contributed by atoms with Crippen LogP contribution in [0.15, 0.2) is 18.2 Å². The number of nitrogens with two attached hydrogens (primary N) is 1. The Hall–Kier alpha value is -1.22. The molecule has 0 saturated heterocycles. The number of rotatable bonds is 2. The highest BCUT2D eigenvalue weighted by Crippen LogP contribution is 2.28. The molecule has 0 unspecified atom stereocenters. The van der Waals surface area contributed by atoms with E-state index in [0.29, 0.717) is 22.3 Å². The van der Waals surface area contributed by atoms with E-state index in [1.165, 1.54) is 12.8 Å². The van der Waals surface area contributed by atoms with Crippen LogP contribution in [0.1, 0.15) is 43.0 Å². The summed E-state index contributed by atoms with van der Waals surface area (Å²) in [4.78, 5) is 14.3. The lowest BCUT2D eigenvalue weighted by Gasteiger charge is -2.33. The lowest BCUT2D eigenvalue weighted by Crippen LogP contribution is -2.39. The van der Waals surface area contributed by atoms with Gasteiger partial charge in [-0.3, -0.25) is 4.79 Å². The molecule has 0 bridgehead atoms. The Bertz CT molecular complexity index is 467. The minimum Gasteiger partial charge on any atom is -0.399 e. The second-order valence-electron chi connectivity index (χ2n) is 5.57. The number of nitrogens with zero attached hydrogens (tertiary/aromatic N) is 1. The molecule has 1 aromatic rings. The van der Waals surface area contributed by atoms with Crippen LogP contribution in [0, 0.1) is 5.92 Å². The average Bonchev–Trinajstić information content (AvgIpc) is 2.41. The topological polar surface area (TPSA) is 46.3 Å². The van der Waals surface area contributed by atoms with Gasteiger partial charge in [-0.1, -0.05) is 18.5 Å². The van der Waals surface area contributed by atoms with E-state index >= 15 is 0 Å². The molecule has 1 saturated carbocycles. The van der Waals surface area contributed by atoms with Crippen molar-refractivity contribution in [2.75, 3.05) is 12.8 Å². The maximum atomic E-state index is 12.5. The fraction of sp³-hybridized carbons (Fsp3) is 0.533. The summed E-state index contributed by atoms with van der Waals surface area (Å²) >= 11 is 6.09. The van der Waals surface area contributed by atoms with Crippen molar-refractivity contribution < 1.29 is 4.79 Å². The molecule has 1 amide bonds. The number of hydrogen-bond acceptors (Lipinski definition) is 2. The van der Waals surface area contributed by atoms with Crippen molar-refractivity contribution in [2.24, 2.45) is 5.92 Å². The van der Waals surface area contributed by atoms with E-state index in [2.05, 4.69) is 6.92 Å². The van der Waals surface area contributed by atoms with Crippen LogP contribution in [0.5, 0.6) is 0 Å². The Balaban J connectivity index is 2.12. The Kier molecular flexibility index (Phi) is 4.35. The van der Waals surface area contributed by atoms with Crippen LogP contribution in [0.25, 0.3) is 0 Å². The summed E-state index contributed by atoms with van der Waals surface area (Å²) < 4.78 is 0. The molecule has 0 aromatic heterocycles. The van der Waals surface area contributed by atoms with Gasteiger partial charge in [0.05, 0.1) is 10.6 Å². The smallest absolute Gasteiger partial charge is 0.255 e. The van der Waals surface area contributed by atoms with Gasteiger partial charge in [-0.05, 0) is 49.8 Å². The summed E-state index contributed by atoms with van der Waals surface area (Å²) in [6, 6.07) is 5.37. The van der Waals surface area contributed by atoms with E-state index in [9.17, 15) is 4.79 Å². The number of carbonyl (C=O) groups excluding carboxylic acids is 1. The third kappa shape index (κ3) is 3.21. The zero-order valence-corrected chi connectivity index (χ0v) is 12.3. The van der Waals surface area contributed by atoms with E-state index in [1.54, 1.807) is 18.2 Å². The molecule has 1 aliphatic carbocycles. The number of halogens is 1. The molecular formula is C15H21ClN2O. The van der Waals surface area contributed by atoms with E-state index in [-0.39, 0.29) is 5.91 Å². The van der Waals surface area contributed by atoms with Crippen LogP contribution in [0.2, 0.25) is 5.02 Å². The van der Waals surface area contributed by atoms with Crippen molar-refractivity contribution in [2.45, 2.75) is 38.6 Å². The first-order chi connectivity index (χ1) is 8.99. The number of benzene rings is 1. The van der Waals surface area contributed by atoms with E-state index in [0.717, 1.165) is 18.8 Å². The minimum atomic E-state index is -0.0307. The van der Waals surface area contributed by atoms with Crippen LogP contribution in [0.4, 0.5) is 5.69 Å².